The summed E-state index contributed by atoms with van der Waals surface area (Å²) in [5, 5.41) is 0. The van der Waals surface area contributed by atoms with Gasteiger partial charge in [0.1, 0.15) is 5.75 Å². The molecule has 0 unspecified atom stereocenters. The van der Waals surface area contributed by atoms with E-state index in [0.717, 1.165) is 18.8 Å². The van der Waals surface area contributed by atoms with Crippen molar-refractivity contribution >= 4 is 5.69 Å². The Morgan fingerprint density at radius 1 is 0.964 bits per heavy atom. The Morgan fingerprint density at radius 3 is 2.68 bits per heavy atom. The van der Waals surface area contributed by atoms with E-state index in [1.807, 2.05) is 0 Å². The van der Waals surface area contributed by atoms with E-state index in [1.165, 1.54) is 102 Å². The molecule has 3 heterocycles. The van der Waals surface area contributed by atoms with Crippen LogP contribution in [0.1, 0.15) is 56.9 Å². The molecular formula is C24H39N3O. The lowest BCUT2D eigenvalue weighted by atomic mass is 9.98. The van der Waals surface area contributed by atoms with Gasteiger partial charge in [-0.3, -0.25) is 0 Å². The third kappa shape index (κ3) is 5.21. The third-order valence-electron chi connectivity index (χ3n) is 6.95. The van der Waals surface area contributed by atoms with Crippen molar-refractivity contribution < 1.29 is 4.74 Å². The van der Waals surface area contributed by atoms with Crippen LogP contribution >= 0.6 is 0 Å². The van der Waals surface area contributed by atoms with Gasteiger partial charge < -0.3 is 19.4 Å². The molecule has 0 aliphatic carbocycles. The molecule has 0 N–H and O–H groups in total. The first-order chi connectivity index (χ1) is 13.8. The standard InChI is InChI=1S/C24H39N3O/c1-25-13-6-3-10-22(25)20-27-17-7-9-21-19-23(11-12-24(21)27)28-18-8-16-26-14-4-2-5-15-26/h11-12,19,22H,2-10,13-18,20H2,1H3/t22-/m0/s1. The molecule has 4 rings (SSSR count). The van der Waals surface area contributed by atoms with Crippen molar-refractivity contribution in [1.82, 2.24) is 9.80 Å². The maximum Gasteiger partial charge on any atom is 0.119 e. The topological polar surface area (TPSA) is 19.0 Å². The Hall–Kier alpha value is -1.26. The molecule has 2 fully saturated rings. The van der Waals surface area contributed by atoms with Gasteiger partial charge in [-0.2, -0.15) is 0 Å². The van der Waals surface area contributed by atoms with Gasteiger partial charge in [-0.05, 0) is 95.4 Å². The van der Waals surface area contributed by atoms with Gasteiger partial charge in [0.15, 0.2) is 0 Å². The lowest BCUT2D eigenvalue weighted by Gasteiger charge is -2.39. The number of anilines is 1. The van der Waals surface area contributed by atoms with Crippen molar-refractivity contribution in [1.29, 1.82) is 0 Å². The van der Waals surface area contributed by atoms with E-state index in [-0.39, 0.29) is 0 Å². The molecule has 1 aromatic rings. The normalized spacial score (nSPS) is 24.2. The number of ether oxygens (including phenoxy) is 1. The highest BCUT2D eigenvalue weighted by atomic mass is 16.5. The Morgan fingerprint density at radius 2 is 1.82 bits per heavy atom. The second-order valence-electron chi connectivity index (χ2n) is 9.07. The van der Waals surface area contributed by atoms with Crippen LogP contribution in [0.2, 0.25) is 0 Å². The predicted molar refractivity (Wildman–Crippen MR) is 118 cm³/mol. The molecule has 3 aliphatic heterocycles. The zero-order valence-electron chi connectivity index (χ0n) is 17.9. The van der Waals surface area contributed by atoms with E-state index in [0.29, 0.717) is 6.04 Å². The highest BCUT2D eigenvalue weighted by Gasteiger charge is 2.24. The van der Waals surface area contributed by atoms with Crippen molar-refractivity contribution in [3.8, 4) is 5.75 Å². The van der Waals surface area contributed by atoms with Gasteiger partial charge in [-0.1, -0.05) is 12.8 Å². The first kappa shape index (κ1) is 20.0. The Labute approximate surface area is 171 Å². The van der Waals surface area contributed by atoms with Crippen molar-refractivity contribution in [3.05, 3.63) is 23.8 Å². The van der Waals surface area contributed by atoms with Gasteiger partial charge >= 0.3 is 0 Å². The lowest BCUT2D eigenvalue weighted by molar-refractivity contribution is 0.188. The van der Waals surface area contributed by atoms with Crippen LogP contribution in [0.3, 0.4) is 0 Å². The number of fused-ring (bicyclic) bond motifs is 1. The number of hydrogen-bond acceptors (Lipinski definition) is 4. The van der Waals surface area contributed by atoms with Crippen LogP contribution in [-0.4, -0.2) is 68.8 Å². The van der Waals surface area contributed by atoms with E-state index in [2.05, 4.69) is 39.9 Å². The SMILES string of the molecule is CN1CCCC[C@H]1CN1CCCc2cc(OCCCN3CCCCC3)ccc21. The second-order valence-corrected chi connectivity index (χ2v) is 9.07. The summed E-state index contributed by atoms with van der Waals surface area (Å²) < 4.78 is 6.11. The molecule has 0 aromatic heterocycles. The number of aryl methyl sites for hydroxylation is 1. The smallest absolute Gasteiger partial charge is 0.119 e. The number of benzene rings is 1. The first-order valence-corrected chi connectivity index (χ1v) is 11.7. The van der Waals surface area contributed by atoms with Crippen LogP contribution in [0.5, 0.6) is 5.75 Å². The minimum Gasteiger partial charge on any atom is -0.494 e. The van der Waals surface area contributed by atoms with Crippen LogP contribution in [0.15, 0.2) is 18.2 Å². The van der Waals surface area contributed by atoms with Crippen molar-refractivity contribution in [2.75, 3.05) is 57.8 Å². The summed E-state index contributed by atoms with van der Waals surface area (Å²) in [7, 11) is 2.30. The van der Waals surface area contributed by atoms with Crippen LogP contribution in [0.4, 0.5) is 5.69 Å². The monoisotopic (exact) mass is 385 g/mol. The van der Waals surface area contributed by atoms with Crippen LogP contribution in [0, 0.1) is 0 Å². The number of piperidine rings is 2. The van der Waals surface area contributed by atoms with Crippen LogP contribution in [0.25, 0.3) is 0 Å². The molecule has 4 heteroatoms. The fraction of sp³-hybridized carbons (Fsp3) is 0.750. The van der Waals surface area contributed by atoms with Gasteiger partial charge in [0.2, 0.25) is 0 Å². The van der Waals surface area contributed by atoms with Crippen molar-refractivity contribution in [2.24, 2.45) is 0 Å². The van der Waals surface area contributed by atoms with E-state index < -0.39 is 0 Å². The number of nitrogens with zero attached hydrogens (tertiary/aromatic N) is 3. The van der Waals surface area contributed by atoms with E-state index in [4.69, 9.17) is 4.74 Å². The molecule has 2 saturated heterocycles. The average molecular weight is 386 g/mol. The van der Waals surface area contributed by atoms with Gasteiger partial charge in [0, 0.05) is 31.4 Å². The summed E-state index contributed by atoms with van der Waals surface area (Å²) in [5.41, 5.74) is 2.93. The molecule has 1 atom stereocenters. The fourth-order valence-corrected chi connectivity index (χ4v) is 5.22. The second kappa shape index (κ2) is 9.98. The number of hydrogen-bond donors (Lipinski definition) is 0. The van der Waals surface area contributed by atoms with E-state index in [1.54, 1.807) is 0 Å². The molecule has 0 amide bonds. The highest BCUT2D eigenvalue weighted by molar-refractivity contribution is 5.58. The molecule has 4 nitrogen and oxygen atoms in total. The largest absolute Gasteiger partial charge is 0.494 e. The molecular weight excluding hydrogens is 346 g/mol. The molecule has 28 heavy (non-hydrogen) atoms. The summed E-state index contributed by atoms with van der Waals surface area (Å²) in [6.07, 6.45) is 11.9. The maximum atomic E-state index is 6.11. The maximum absolute atomic E-state index is 6.11. The minimum absolute atomic E-state index is 0.713. The van der Waals surface area contributed by atoms with Gasteiger partial charge in [0.05, 0.1) is 6.61 Å². The number of rotatable bonds is 7. The van der Waals surface area contributed by atoms with E-state index >= 15 is 0 Å². The number of likely N-dealkylation sites (N-methyl/N-ethyl adjacent to an activating group) is 1. The molecule has 156 valence electrons. The van der Waals surface area contributed by atoms with Gasteiger partial charge in [-0.25, -0.2) is 0 Å². The molecule has 0 bridgehead atoms. The molecule has 3 aliphatic rings. The molecule has 0 saturated carbocycles. The minimum atomic E-state index is 0.713. The van der Waals surface area contributed by atoms with Crippen LogP contribution < -0.4 is 9.64 Å². The fourth-order valence-electron chi connectivity index (χ4n) is 5.22. The van der Waals surface area contributed by atoms with Crippen molar-refractivity contribution in [3.63, 3.8) is 0 Å². The van der Waals surface area contributed by atoms with E-state index in [9.17, 15) is 0 Å². The third-order valence-corrected chi connectivity index (χ3v) is 6.95. The van der Waals surface area contributed by atoms with Gasteiger partial charge in [-0.15, -0.1) is 0 Å². The van der Waals surface area contributed by atoms with Crippen LogP contribution in [-0.2, 0) is 6.42 Å². The summed E-state index contributed by atoms with van der Waals surface area (Å²) in [6, 6.07) is 7.54. The zero-order chi connectivity index (χ0) is 19.2. The Kier molecular flexibility index (Phi) is 7.14. The lowest BCUT2D eigenvalue weighted by Crippen LogP contribution is -2.46. The predicted octanol–water partition coefficient (Wildman–Crippen LogP) is 4.18. The first-order valence-electron chi connectivity index (χ1n) is 11.7. The quantitative estimate of drug-likeness (QED) is 0.656. The summed E-state index contributed by atoms with van der Waals surface area (Å²) in [4.78, 5) is 7.79. The highest BCUT2D eigenvalue weighted by Crippen LogP contribution is 2.31. The zero-order valence-corrected chi connectivity index (χ0v) is 17.9. The summed E-state index contributed by atoms with van der Waals surface area (Å²) in [5.74, 6) is 1.06. The summed E-state index contributed by atoms with van der Waals surface area (Å²) >= 11 is 0. The Balaban J connectivity index is 1.28. The molecule has 1 aromatic carbocycles. The van der Waals surface area contributed by atoms with Gasteiger partial charge in [0.25, 0.3) is 0 Å². The summed E-state index contributed by atoms with van der Waals surface area (Å²) in [6.45, 7) is 8.23. The number of likely N-dealkylation sites (tertiary alicyclic amines) is 2. The average Bonchev–Trinajstić information content (AvgIpc) is 2.74. The molecule has 0 radical (unpaired) electrons. The van der Waals surface area contributed by atoms with Crippen molar-refractivity contribution in [2.45, 2.75) is 63.8 Å². The Bertz CT molecular complexity index is 614. The molecule has 0 spiro atoms.